The predicted molar refractivity (Wildman–Crippen MR) is 130 cm³/mol. The van der Waals surface area contributed by atoms with Crippen LogP contribution in [0.2, 0.25) is 0 Å². The van der Waals surface area contributed by atoms with Crippen molar-refractivity contribution in [2.45, 2.75) is 58.5 Å². The molecule has 7 nitrogen and oxygen atoms in total. The highest BCUT2D eigenvalue weighted by atomic mass is 127. The molecule has 2 fully saturated rings. The molecule has 3 rings (SSSR count). The number of nitrogens with zero attached hydrogens (tertiary/aromatic N) is 2. The van der Waals surface area contributed by atoms with E-state index in [2.05, 4.69) is 65.9 Å². The molecule has 2 aliphatic heterocycles. The lowest BCUT2D eigenvalue weighted by molar-refractivity contribution is -0.125. The quantitative estimate of drug-likeness (QED) is 0.238. The Balaban J connectivity index is 0.00000320. The van der Waals surface area contributed by atoms with E-state index in [4.69, 9.17) is 4.99 Å². The van der Waals surface area contributed by atoms with Crippen molar-refractivity contribution in [1.29, 1.82) is 0 Å². The Morgan fingerprint density at radius 2 is 1.87 bits per heavy atom. The van der Waals surface area contributed by atoms with E-state index in [0.29, 0.717) is 12.5 Å². The van der Waals surface area contributed by atoms with Gasteiger partial charge in [-0.1, -0.05) is 38.1 Å². The van der Waals surface area contributed by atoms with Gasteiger partial charge in [0.05, 0.1) is 6.54 Å². The summed E-state index contributed by atoms with van der Waals surface area (Å²) in [4.78, 5) is 30.9. The number of carbonyl (C=O) groups excluding carboxylic acids is 2. The van der Waals surface area contributed by atoms with Gasteiger partial charge in [-0.3, -0.25) is 10.1 Å². The molecule has 1 aromatic carbocycles. The lowest BCUT2D eigenvalue weighted by Gasteiger charge is -2.39. The normalized spacial score (nSPS) is 22.6. The summed E-state index contributed by atoms with van der Waals surface area (Å²) in [6.07, 6.45) is 1.66. The zero-order valence-electron chi connectivity index (χ0n) is 18.3. The van der Waals surface area contributed by atoms with Crippen LogP contribution in [0.5, 0.6) is 0 Å². The van der Waals surface area contributed by atoms with Crippen LogP contribution in [-0.4, -0.2) is 48.0 Å². The summed E-state index contributed by atoms with van der Waals surface area (Å²) in [5, 5.41) is 8.57. The molecular weight excluding hydrogens is 493 g/mol. The molecule has 0 spiro atoms. The van der Waals surface area contributed by atoms with Gasteiger partial charge in [-0.15, -0.1) is 24.0 Å². The van der Waals surface area contributed by atoms with Crippen molar-refractivity contribution in [3.8, 4) is 0 Å². The van der Waals surface area contributed by atoms with Crippen molar-refractivity contribution in [3.05, 3.63) is 35.4 Å². The van der Waals surface area contributed by atoms with Gasteiger partial charge in [0.15, 0.2) is 5.96 Å². The lowest BCUT2D eigenvalue weighted by atomic mass is 9.79. The fourth-order valence-corrected chi connectivity index (χ4v) is 4.11. The highest BCUT2D eigenvalue weighted by molar-refractivity contribution is 14.0. The first kappa shape index (κ1) is 24.4. The molecule has 2 heterocycles. The molecule has 1 unspecified atom stereocenters. The molecule has 3 amide bonds. The summed E-state index contributed by atoms with van der Waals surface area (Å²) in [5.41, 5.74) is 1.72. The van der Waals surface area contributed by atoms with Crippen LogP contribution < -0.4 is 16.0 Å². The van der Waals surface area contributed by atoms with Crippen LogP contribution in [0.4, 0.5) is 4.79 Å². The minimum atomic E-state index is -0.809. The third kappa shape index (κ3) is 5.44. The number of piperidine rings is 1. The summed E-state index contributed by atoms with van der Waals surface area (Å²) >= 11 is 0. The second-order valence-corrected chi connectivity index (χ2v) is 8.44. The fourth-order valence-electron chi connectivity index (χ4n) is 4.11. The topological polar surface area (TPSA) is 85.8 Å². The summed E-state index contributed by atoms with van der Waals surface area (Å²) in [7, 11) is 0. The fraction of sp³-hybridized carbons (Fsp3) is 0.591. The van der Waals surface area contributed by atoms with Crippen molar-refractivity contribution in [2.75, 3.05) is 19.6 Å². The van der Waals surface area contributed by atoms with Crippen LogP contribution in [-0.2, 0) is 11.3 Å². The second-order valence-electron chi connectivity index (χ2n) is 8.44. The van der Waals surface area contributed by atoms with E-state index in [0.717, 1.165) is 38.4 Å². The van der Waals surface area contributed by atoms with E-state index in [-0.39, 0.29) is 35.8 Å². The number of likely N-dealkylation sites (tertiary alicyclic amines) is 1. The zero-order chi connectivity index (χ0) is 21.0. The summed E-state index contributed by atoms with van der Waals surface area (Å²) < 4.78 is 0. The van der Waals surface area contributed by atoms with Gasteiger partial charge in [-0.25, -0.2) is 9.79 Å². The van der Waals surface area contributed by atoms with Gasteiger partial charge in [0.2, 0.25) is 0 Å². The van der Waals surface area contributed by atoms with Crippen LogP contribution in [0.15, 0.2) is 29.3 Å². The van der Waals surface area contributed by atoms with E-state index in [1.54, 1.807) is 0 Å². The number of guanidine groups is 1. The van der Waals surface area contributed by atoms with Gasteiger partial charge >= 0.3 is 6.03 Å². The molecule has 0 bridgehead atoms. The SMILES string of the molecule is CCNC(=NCc1ccc(C(C)C)cc1)N1CCC(C2(C)NC(=O)NC2=O)CC1.I. The van der Waals surface area contributed by atoms with E-state index in [9.17, 15) is 9.59 Å². The monoisotopic (exact) mass is 527 g/mol. The number of amides is 3. The average molecular weight is 527 g/mol. The Bertz CT molecular complexity index is 772. The number of imide groups is 1. The van der Waals surface area contributed by atoms with Crippen molar-refractivity contribution < 1.29 is 9.59 Å². The van der Waals surface area contributed by atoms with Crippen molar-refractivity contribution in [1.82, 2.24) is 20.9 Å². The molecule has 1 atom stereocenters. The van der Waals surface area contributed by atoms with E-state index < -0.39 is 11.6 Å². The van der Waals surface area contributed by atoms with Gasteiger partial charge in [-0.2, -0.15) is 0 Å². The number of nitrogens with one attached hydrogen (secondary N) is 3. The van der Waals surface area contributed by atoms with Crippen LogP contribution in [0, 0.1) is 5.92 Å². The Hall–Kier alpha value is -1.84. The zero-order valence-corrected chi connectivity index (χ0v) is 20.7. The summed E-state index contributed by atoms with van der Waals surface area (Å²) in [5.74, 6) is 1.34. The average Bonchev–Trinajstić information content (AvgIpc) is 2.98. The minimum Gasteiger partial charge on any atom is -0.357 e. The van der Waals surface area contributed by atoms with Gasteiger partial charge in [0.25, 0.3) is 5.91 Å². The van der Waals surface area contributed by atoms with Gasteiger partial charge < -0.3 is 15.5 Å². The third-order valence-electron chi connectivity index (χ3n) is 6.08. The van der Waals surface area contributed by atoms with Crippen LogP contribution in [0.25, 0.3) is 0 Å². The van der Waals surface area contributed by atoms with Gasteiger partial charge in [0, 0.05) is 19.6 Å². The number of hydrogen-bond donors (Lipinski definition) is 3. The van der Waals surface area contributed by atoms with Gasteiger partial charge in [-0.05, 0) is 49.7 Å². The Labute approximate surface area is 196 Å². The van der Waals surface area contributed by atoms with Crippen molar-refractivity contribution in [3.63, 3.8) is 0 Å². The van der Waals surface area contributed by atoms with Crippen molar-refractivity contribution >= 4 is 41.9 Å². The standard InChI is InChI=1S/C22H33N5O2.HI/c1-5-23-20(24-14-16-6-8-17(9-7-16)15(2)3)27-12-10-18(11-13-27)22(4)19(28)25-21(29)26-22;/h6-9,15,18H,5,10-14H2,1-4H3,(H,23,24)(H2,25,26,28,29);1H. The highest BCUT2D eigenvalue weighted by Gasteiger charge is 2.48. The molecule has 3 N–H and O–H groups in total. The van der Waals surface area contributed by atoms with Crippen LogP contribution in [0.1, 0.15) is 57.6 Å². The molecule has 1 aromatic rings. The van der Waals surface area contributed by atoms with E-state index >= 15 is 0 Å². The number of carbonyl (C=O) groups is 2. The second kappa shape index (κ2) is 10.5. The first-order valence-electron chi connectivity index (χ1n) is 10.6. The highest BCUT2D eigenvalue weighted by Crippen LogP contribution is 2.30. The maximum atomic E-state index is 12.2. The molecule has 30 heavy (non-hydrogen) atoms. The number of rotatable bonds is 5. The van der Waals surface area contributed by atoms with E-state index in [1.165, 1.54) is 11.1 Å². The number of benzene rings is 1. The molecule has 2 aliphatic rings. The molecule has 8 heteroatoms. The third-order valence-corrected chi connectivity index (χ3v) is 6.08. The lowest BCUT2D eigenvalue weighted by Crippen LogP contribution is -2.55. The Kier molecular flexibility index (Phi) is 8.52. The number of hydrogen-bond acceptors (Lipinski definition) is 3. The first-order valence-corrected chi connectivity index (χ1v) is 10.6. The molecule has 0 aliphatic carbocycles. The Morgan fingerprint density at radius 1 is 1.23 bits per heavy atom. The molecule has 0 radical (unpaired) electrons. The molecule has 2 saturated heterocycles. The molecule has 166 valence electrons. The minimum absolute atomic E-state index is 0. The predicted octanol–water partition coefficient (Wildman–Crippen LogP) is 3.20. The summed E-state index contributed by atoms with van der Waals surface area (Å²) in [6, 6.07) is 8.26. The number of urea groups is 1. The van der Waals surface area contributed by atoms with Crippen LogP contribution >= 0.6 is 24.0 Å². The summed E-state index contributed by atoms with van der Waals surface area (Å²) in [6.45, 7) is 11.3. The maximum absolute atomic E-state index is 12.2. The molecular formula is C22H34IN5O2. The maximum Gasteiger partial charge on any atom is 0.322 e. The molecule has 0 aromatic heterocycles. The smallest absolute Gasteiger partial charge is 0.322 e. The number of aliphatic imine (C=N–C) groups is 1. The van der Waals surface area contributed by atoms with E-state index in [1.807, 2.05) is 6.92 Å². The molecule has 0 saturated carbocycles. The van der Waals surface area contributed by atoms with Crippen LogP contribution in [0.3, 0.4) is 0 Å². The first-order chi connectivity index (χ1) is 13.8. The largest absolute Gasteiger partial charge is 0.357 e. The van der Waals surface area contributed by atoms with Gasteiger partial charge in [0.1, 0.15) is 5.54 Å². The Morgan fingerprint density at radius 3 is 2.37 bits per heavy atom. The number of halogens is 1. The van der Waals surface area contributed by atoms with Crippen molar-refractivity contribution in [2.24, 2.45) is 10.9 Å².